The minimum absolute atomic E-state index is 0.147. The molecule has 1 saturated carbocycles. The van der Waals surface area contributed by atoms with Gasteiger partial charge in [0, 0.05) is 6.42 Å². The predicted octanol–water partition coefficient (Wildman–Crippen LogP) is 1.04. The van der Waals surface area contributed by atoms with Gasteiger partial charge in [0.2, 0.25) is 9.70 Å². The fourth-order valence-corrected chi connectivity index (χ4v) is 4.88. The number of ether oxygens (including phenoxy) is 1. The number of amides is 1. The van der Waals surface area contributed by atoms with Crippen LogP contribution in [0.4, 0.5) is 0 Å². The number of nitrogens with two attached hydrogens (primary N) is 1. The number of hydrogen-bond acceptors (Lipinski definition) is 5. The van der Waals surface area contributed by atoms with Crippen LogP contribution in [0.1, 0.15) is 13.3 Å². The van der Waals surface area contributed by atoms with Gasteiger partial charge in [-0.1, -0.05) is 34.8 Å². The number of carbonyl (C=O) groups excluding carboxylic acids is 2. The van der Waals surface area contributed by atoms with Crippen LogP contribution in [0.3, 0.4) is 0 Å². The van der Waals surface area contributed by atoms with Crippen molar-refractivity contribution in [3.05, 3.63) is 0 Å². The van der Waals surface area contributed by atoms with E-state index >= 15 is 0 Å². The van der Waals surface area contributed by atoms with Crippen molar-refractivity contribution in [3.63, 3.8) is 0 Å². The maximum Gasteiger partial charge on any atom is 0.333 e. The fourth-order valence-electron chi connectivity index (χ4n) is 2.86. The molecule has 0 bridgehead atoms. The van der Waals surface area contributed by atoms with Gasteiger partial charge in [-0.25, -0.2) is 4.79 Å². The minimum atomic E-state index is -1.65. The second-order valence-corrected chi connectivity index (χ2v) is 9.34. The number of nitrogens with zero attached hydrogens (tertiary/aromatic N) is 1. The zero-order chi connectivity index (χ0) is 14.2. The Morgan fingerprint density at radius 2 is 2.26 bits per heavy atom. The number of rotatable bonds is 2. The van der Waals surface area contributed by atoms with E-state index in [0.29, 0.717) is 6.42 Å². The number of β-lactam (4-membered cyclic amide) rings is 1. The molecule has 0 spiro atoms. The molecule has 3 rings (SSSR count). The first kappa shape index (κ1) is 14.1. The Hall–Kier alpha value is 0.120. The number of esters is 1. The summed E-state index contributed by atoms with van der Waals surface area (Å²) in [5.74, 6) is -0.735. The van der Waals surface area contributed by atoms with Crippen molar-refractivity contribution >= 4 is 58.4 Å². The number of halogens is 3. The van der Waals surface area contributed by atoms with E-state index in [-0.39, 0.29) is 22.6 Å². The van der Waals surface area contributed by atoms with Crippen LogP contribution in [0.5, 0.6) is 0 Å². The summed E-state index contributed by atoms with van der Waals surface area (Å²) in [5, 5.41) is -0.147. The third kappa shape index (κ3) is 1.73. The average molecular weight is 346 g/mol. The lowest BCUT2D eigenvalue weighted by atomic mass is 10.0. The Balaban J connectivity index is 1.78. The molecular formula is C10H11Cl3N2O3S. The van der Waals surface area contributed by atoms with E-state index in [2.05, 4.69) is 0 Å². The van der Waals surface area contributed by atoms with Crippen LogP contribution in [-0.2, 0) is 14.3 Å². The summed E-state index contributed by atoms with van der Waals surface area (Å²) >= 11 is 18.2. The molecule has 2 saturated heterocycles. The lowest BCUT2D eigenvalue weighted by molar-refractivity contribution is -0.165. The van der Waals surface area contributed by atoms with Crippen molar-refractivity contribution in [2.45, 2.75) is 38.8 Å². The predicted molar refractivity (Wildman–Crippen MR) is 73.2 cm³/mol. The molecule has 4 atom stereocenters. The first-order valence-corrected chi connectivity index (χ1v) is 7.64. The average Bonchev–Trinajstić information content (AvgIpc) is 2.84. The molecule has 2 N–H and O–H groups in total. The number of hydrogen-bond donors (Lipinski definition) is 1. The Kier molecular flexibility index (Phi) is 2.86. The van der Waals surface area contributed by atoms with E-state index in [4.69, 9.17) is 45.3 Å². The molecule has 9 heteroatoms. The van der Waals surface area contributed by atoms with E-state index in [0.717, 1.165) is 0 Å². The van der Waals surface area contributed by atoms with Crippen LogP contribution in [0.2, 0.25) is 0 Å². The van der Waals surface area contributed by atoms with Gasteiger partial charge in [0.1, 0.15) is 18.0 Å². The molecule has 5 nitrogen and oxygen atoms in total. The minimum Gasteiger partial charge on any atom is -0.459 e. The van der Waals surface area contributed by atoms with Crippen LogP contribution in [0.25, 0.3) is 0 Å². The summed E-state index contributed by atoms with van der Waals surface area (Å²) in [4.78, 5) is 25.6. The summed E-state index contributed by atoms with van der Waals surface area (Å²) in [6.45, 7) is 1.59. The quantitative estimate of drug-likeness (QED) is 0.460. The van der Waals surface area contributed by atoms with Gasteiger partial charge < -0.3 is 15.4 Å². The second-order valence-electron chi connectivity index (χ2n) is 5.20. The van der Waals surface area contributed by atoms with Crippen LogP contribution >= 0.6 is 46.6 Å². The molecule has 0 aromatic heterocycles. The summed E-state index contributed by atoms with van der Waals surface area (Å²) in [7, 11) is 0. The molecule has 3 unspecified atom stereocenters. The topological polar surface area (TPSA) is 72.6 Å². The number of carbonyl (C=O) groups is 2. The standard InChI is InChI=1S/C10H11Cl3N2O3S/c1-8-2-9(8,7(17)18-3-10(11,12)13)15-5(16)4(14)6(15)19-8/h4,6H,2-3,14H2,1H3/t4?,6-,8?,9?/m0/s1. The van der Waals surface area contributed by atoms with Crippen LogP contribution in [-0.4, -0.2) is 48.9 Å². The molecule has 106 valence electrons. The molecule has 19 heavy (non-hydrogen) atoms. The van der Waals surface area contributed by atoms with Gasteiger partial charge in [0.05, 0.1) is 4.75 Å². The van der Waals surface area contributed by atoms with Crippen LogP contribution < -0.4 is 5.73 Å². The Morgan fingerprint density at radius 1 is 1.63 bits per heavy atom. The van der Waals surface area contributed by atoms with Gasteiger partial charge in [0.25, 0.3) is 0 Å². The summed E-state index contributed by atoms with van der Waals surface area (Å²) in [6, 6.07) is -0.535. The highest BCUT2D eigenvalue weighted by atomic mass is 35.6. The second kappa shape index (κ2) is 3.85. The smallest absolute Gasteiger partial charge is 0.333 e. The van der Waals surface area contributed by atoms with Crippen molar-refractivity contribution in [2.24, 2.45) is 5.73 Å². The first-order chi connectivity index (χ1) is 8.62. The van der Waals surface area contributed by atoms with Gasteiger partial charge in [0.15, 0.2) is 5.54 Å². The third-order valence-electron chi connectivity index (χ3n) is 3.92. The third-order valence-corrected chi connectivity index (χ3v) is 6.00. The van der Waals surface area contributed by atoms with Crippen molar-refractivity contribution in [1.82, 2.24) is 4.90 Å². The highest BCUT2D eigenvalue weighted by Gasteiger charge is 2.84. The maximum atomic E-state index is 12.3. The molecule has 3 aliphatic rings. The molecule has 2 heterocycles. The summed E-state index contributed by atoms with van der Waals surface area (Å²) < 4.78 is 3.06. The molecule has 3 fully saturated rings. The van der Waals surface area contributed by atoms with Crippen molar-refractivity contribution < 1.29 is 14.3 Å². The summed E-state index contributed by atoms with van der Waals surface area (Å²) in [5.41, 5.74) is 4.80. The molecule has 1 aliphatic carbocycles. The van der Waals surface area contributed by atoms with Crippen molar-refractivity contribution in [2.75, 3.05) is 6.61 Å². The normalized spacial score (nSPS) is 43.4. The van der Waals surface area contributed by atoms with Crippen LogP contribution in [0, 0.1) is 0 Å². The first-order valence-electron chi connectivity index (χ1n) is 5.63. The fraction of sp³-hybridized carbons (Fsp3) is 0.800. The summed E-state index contributed by atoms with van der Waals surface area (Å²) in [6.07, 6.45) is 0.554. The number of thioether (sulfide) groups is 1. The largest absolute Gasteiger partial charge is 0.459 e. The molecule has 1 amide bonds. The van der Waals surface area contributed by atoms with E-state index < -0.39 is 21.3 Å². The highest BCUT2D eigenvalue weighted by molar-refractivity contribution is 8.02. The van der Waals surface area contributed by atoms with E-state index in [9.17, 15) is 9.59 Å². The van der Waals surface area contributed by atoms with Gasteiger partial charge in [-0.2, -0.15) is 0 Å². The van der Waals surface area contributed by atoms with Gasteiger partial charge >= 0.3 is 5.97 Å². The molecule has 0 aromatic rings. The zero-order valence-electron chi connectivity index (χ0n) is 9.86. The van der Waals surface area contributed by atoms with E-state index in [1.807, 2.05) is 6.92 Å². The number of fused-ring (bicyclic) bond motifs is 3. The number of alkyl halides is 3. The van der Waals surface area contributed by atoms with Gasteiger partial charge in [-0.05, 0) is 6.92 Å². The highest BCUT2D eigenvalue weighted by Crippen LogP contribution is 2.71. The molecule has 0 radical (unpaired) electrons. The Bertz CT molecular complexity index is 485. The maximum absolute atomic E-state index is 12.3. The lowest BCUT2D eigenvalue weighted by Gasteiger charge is -2.44. The Labute approximate surface area is 129 Å². The molecular weight excluding hydrogens is 335 g/mol. The molecule has 0 aromatic carbocycles. The zero-order valence-corrected chi connectivity index (χ0v) is 12.9. The van der Waals surface area contributed by atoms with Crippen molar-refractivity contribution in [1.29, 1.82) is 0 Å². The lowest BCUT2D eigenvalue weighted by Crippen LogP contribution is -2.70. The van der Waals surface area contributed by atoms with Gasteiger partial charge in [-0.3, -0.25) is 4.79 Å². The van der Waals surface area contributed by atoms with Crippen molar-refractivity contribution in [3.8, 4) is 0 Å². The van der Waals surface area contributed by atoms with Crippen LogP contribution in [0.15, 0.2) is 0 Å². The SMILES string of the molecule is CC12CC1(C(=O)OCC(Cl)(Cl)Cl)N1C(=O)C(N)[C@@H]1S2. The Morgan fingerprint density at radius 3 is 2.84 bits per heavy atom. The molecule has 2 aliphatic heterocycles. The van der Waals surface area contributed by atoms with E-state index in [1.54, 1.807) is 11.8 Å². The van der Waals surface area contributed by atoms with E-state index in [1.165, 1.54) is 4.90 Å². The monoisotopic (exact) mass is 344 g/mol. The van der Waals surface area contributed by atoms with Gasteiger partial charge in [-0.15, -0.1) is 11.8 Å².